The molecule has 2 rings (SSSR count). The maximum atomic E-state index is 10.9. The van der Waals surface area contributed by atoms with Crippen LogP contribution in [0.15, 0.2) is 24.3 Å². The predicted octanol–water partition coefficient (Wildman–Crippen LogP) is 3.03. The third-order valence-electron chi connectivity index (χ3n) is 3.78. The molecule has 0 aromatic heterocycles. The number of benzene rings is 1. The van der Waals surface area contributed by atoms with Crippen molar-refractivity contribution in [2.24, 2.45) is 0 Å². The average Bonchev–Trinajstić information content (AvgIpc) is 2.53. The highest BCUT2D eigenvalue weighted by Gasteiger charge is 2.23. The number of carboxylic acids is 1. The predicted molar refractivity (Wildman–Crippen MR) is 84.2 cm³/mol. The number of carboxylic acid groups (broad SMARTS) is 1. The van der Waals surface area contributed by atoms with Gasteiger partial charge in [-0.1, -0.05) is 38.1 Å². The van der Waals surface area contributed by atoms with Gasteiger partial charge in [-0.05, 0) is 24.1 Å². The topological polar surface area (TPSA) is 40.5 Å². The van der Waals surface area contributed by atoms with Crippen molar-refractivity contribution < 1.29 is 9.90 Å². The number of carbonyl (C=O) groups is 1. The Bertz CT molecular complexity index is 473. The van der Waals surface area contributed by atoms with E-state index >= 15 is 0 Å². The summed E-state index contributed by atoms with van der Waals surface area (Å²) in [6.07, 6.45) is 1.29. The van der Waals surface area contributed by atoms with Crippen molar-refractivity contribution >= 4 is 17.7 Å². The van der Waals surface area contributed by atoms with Gasteiger partial charge >= 0.3 is 5.97 Å². The molecule has 0 bridgehead atoms. The monoisotopic (exact) mass is 293 g/mol. The standard InChI is InChI=1S/C16H23NO2S/c1-16(2)7-8-17(9-10-20-16)12-14-6-4-3-5-13(14)11-15(18)19/h3-6H,7-12H2,1-2H3,(H,18,19). The van der Waals surface area contributed by atoms with Crippen LogP contribution in [0.3, 0.4) is 0 Å². The molecule has 0 atom stereocenters. The minimum Gasteiger partial charge on any atom is -0.481 e. The fourth-order valence-electron chi connectivity index (χ4n) is 2.51. The summed E-state index contributed by atoms with van der Waals surface area (Å²) in [5.74, 6) is 0.388. The lowest BCUT2D eigenvalue weighted by molar-refractivity contribution is -0.136. The van der Waals surface area contributed by atoms with Crippen molar-refractivity contribution in [2.45, 2.75) is 38.0 Å². The molecular formula is C16H23NO2S. The van der Waals surface area contributed by atoms with E-state index in [1.54, 1.807) is 0 Å². The number of thioether (sulfide) groups is 1. The summed E-state index contributed by atoms with van der Waals surface area (Å²) >= 11 is 2.03. The van der Waals surface area contributed by atoms with Gasteiger partial charge in [0.05, 0.1) is 6.42 Å². The van der Waals surface area contributed by atoms with Crippen molar-refractivity contribution in [3.8, 4) is 0 Å². The van der Waals surface area contributed by atoms with E-state index in [1.165, 1.54) is 6.42 Å². The fourth-order valence-corrected chi connectivity index (χ4v) is 3.65. The Morgan fingerprint density at radius 2 is 2.00 bits per heavy atom. The quantitative estimate of drug-likeness (QED) is 0.926. The summed E-state index contributed by atoms with van der Waals surface area (Å²) in [4.78, 5) is 13.4. The van der Waals surface area contributed by atoms with Gasteiger partial charge in [0.2, 0.25) is 0 Å². The van der Waals surface area contributed by atoms with Gasteiger partial charge in [0.1, 0.15) is 0 Å². The molecule has 1 aromatic rings. The maximum Gasteiger partial charge on any atom is 0.307 e. The molecule has 1 heterocycles. The number of nitrogens with zero attached hydrogens (tertiary/aromatic N) is 1. The summed E-state index contributed by atoms with van der Waals surface area (Å²) < 4.78 is 0.356. The molecular weight excluding hydrogens is 270 g/mol. The smallest absolute Gasteiger partial charge is 0.307 e. The molecule has 1 aliphatic heterocycles. The summed E-state index contributed by atoms with van der Waals surface area (Å²) in [6, 6.07) is 7.90. The minimum atomic E-state index is -0.759. The van der Waals surface area contributed by atoms with Gasteiger partial charge in [-0.3, -0.25) is 9.69 Å². The van der Waals surface area contributed by atoms with Gasteiger partial charge in [-0.25, -0.2) is 0 Å². The molecule has 0 aliphatic carbocycles. The van der Waals surface area contributed by atoms with Gasteiger partial charge < -0.3 is 5.11 Å². The van der Waals surface area contributed by atoms with Crippen LogP contribution in [0.5, 0.6) is 0 Å². The molecule has 3 nitrogen and oxygen atoms in total. The first-order valence-corrected chi connectivity index (χ1v) is 8.10. The molecule has 0 radical (unpaired) electrons. The average molecular weight is 293 g/mol. The third-order valence-corrected chi connectivity index (χ3v) is 5.16. The number of aliphatic carboxylic acids is 1. The SMILES string of the molecule is CC1(C)CCN(Cc2ccccc2CC(=O)O)CCS1. The van der Waals surface area contributed by atoms with E-state index in [1.807, 2.05) is 30.0 Å². The first-order chi connectivity index (χ1) is 9.46. The van der Waals surface area contributed by atoms with Crippen LogP contribution in [0.4, 0.5) is 0 Å². The summed E-state index contributed by atoms with van der Waals surface area (Å²) in [6.45, 7) is 7.64. The molecule has 1 N–H and O–H groups in total. The second-order valence-electron chi connectivity index (χ2n) is 5.97. The van der Waals surface area contributed by atoms with Crippen LogP contribution < -0.4 is 0 Å². The highest BCUT2D eigenvalue weighted by molar-refractivity contribution is 8.00. The summed E-state index contributed by atoms with van der Waals surface area (Å²) in [5, 5.41) is 8.99. The van der Waals surface area contributed by atoms with Crippen molar-refractivity contribution in [1.29, 1.82) is 0 Å². The van der Waals surface area contributed by atoms with Crippen molar-refractivity contribution in [3.63, 3.8) is 0 Å². The van der Waals surface area contributed by atoms with E-state index in [0.29, 0.717) is 4.75 Å². The number of hydrogen-bond acceptors (Lipinski definition) is 3. The van der Waals surface area contributed by atoms with Crippen LogP contribution in [-0.2, 0) is 17.8 Å². The van der Waals surface area contributed by atoms with Gasteiger partial charge in [-0.15, -0.1) is 0 Å². The maximum absolute atomic E-state index is 10.9. The van der Waals surface area contributed by atoms with Crippen LogP contribution in [0, 0.1) is 0 Å². The first-order valence-electron chi connectivity index (χ1n) is 7.11. The molecule has 1 saturated heterocycles. The van der Waals surface area contributed by atoms with Gasteiger partial charge in [0.15, 0.2) is 0 Å². The van der Waals surface area contributed by atoms with Crippen LogP contribution in [0.2, 0.25) is 0 Å². The zero-order chi connectivity index (χ0) is 14.6. The molecule has 1 aliphatic rings. The Morgan fingerprint density at radius 1 is 1.30 bits per heavy atom. The van der Waals surface area contributed by atoms with Crippen LogP contribution in [0.1, 0.15) is 31.4 Å². The Balaban J connectivity index is 2.04. The zero-order valence-corrected chi connectivity index (χ0v) is 13.1. The zero-order valence-electron chi connectivity index (χ0n) is 12.3. The van der Waals surface area contributed by atoms with E-state index in [2.05, 4.69) is 24.8 Å². The molecule has 0 saturated carbocycles. The Morgan fingerprint density at radius 3 is 2.70 bits per heavy atom. The molecule has 1 fully saturated rings. The molecule has 4 heteroatoms. The molecule has 110 valence electrons. The van der Waals surface area contributed by atoms with Crippen LogP contribution in [-0.4, -0.2) is 39.6 Å². The second-order valence-corrected chi connectivity index (χ2v) is 7.78. The number of rotatable bonds is 4. The highest BCUT2D eigenvalue weighted by atomic mass is 32.2. The van der Waals surface area contributed by atoms with Crippen molar-refractivity contribution in [3.05, 3.63) is 35.4 Å². The fraction of sp³-hybridized carbons (Fsp3) is 0.562. The van der Waals surface area contributed by atoms with E-state index in [4.69, 9.17) is 5.11 Å². The molecule has 1 aromatic carbocycles. The summed E-state index contributed by atoms with van der Waals surface area (Å²) in [7, 11) is 0. The lowest BCUT2D eigenvalue weighted by Crippen LogP contribution is -2.27. The first kappa shape index (κ1) is 15.4. The van der Waals surface area contributed by atoms with E-state index in [0.717, 1.165) is 36.5 Å². The Hall–Kier alpha value is -1.00. The lowest BCUT2D eigenvalue weighted by Gasteiger charge is -2.23. The third kappa shape index (κ3) is 4.53. The van der Waals surface area contributed by atoms with Crippen LogP contribution in [0.25, 0.3) is 0 Å². The van der Waals surface area contributed by atoms with E-state index in [-0.39, 0.29) is 6.42 Å². The summed E-state index contributed by atoms with van der Waals surface area (Å²) in [5.41, 5.74) is 2.09. The van der Waals surface area contributed by atoms with Gasteiger partial charge in [0.25, 0.3) is 0 Å². The Labute approximate surface area is 125 Å². The lowest BCUT2D eigenvalue weighted by atomic mass is 10.0. The molecule has 0 spiro atoms. The van der Waals surface area contributed by atoms with Gasteiger partial charge in [0, 0.05) is 23.6 Å². The van der Waals surface area contributed by atoms with Crippen molar-refractivity contribution in [1.82, 2.24) is 4.90 Å². The minimum absolute atomic E-state index is 0.115. The molecule has 0 amide bonds. The second kappa shape index (κ2) is 6.64. The van der Waals surface area contributed by atoms with Crippen molar-refractivity contribution in [2.75, 3.05) is 18.8 Å². The number of hydrogen-bond donors (Lipinski definition) is 1. The van der Waals surface area contributed by atoms with E-state index in [9.17, 15) is 4.79 Å². The Kier molecular flexibility index (Phi) is 5.11. The highest BCUT2D eigenvalue weighted by Crippen LogP contribution is 2.31. The normalized spacial score (nSPS) is 19.5. The van der Waals surface area contributed by atoms with Gasteiger partial charge in [-0.2, -0.15) is 11.8 Å². The van der Waals surface area contributed by atoms with Crippen LogP contribution >= 0.6 is 11.8 Å². The molecule has 0 unspecified atom stereocenters. The van der Waals surface area contributed by atoms with E-state index < -0.39 is 5.97 Å². The molecule has 20 heavy (non-hydrogen) atoms. The largest absolute Gasteiger partial charge is 0.481 e.